The predicted octanol–water partition coefficient (Wildman–Crippen LogP) is 25.1. The average molecular weight is 1300 g/mol. The molecule has 0 bridgehead atoms. The van der Waals surface area contributed by atoms with Gasteiger partial charge in [-0.2, -0.15) is 0 Å². The van der Waals surface area contributed by atoms with E-state index in [2.05, 4.69) is 180 Å². The maximum atomic E-state index is 5.35. The van der Waals surface area contributed by atoms with Gasteiger partial charge >= 0.3 is 0 Å². The number of benzene rings is 8. The molecule has 0 aliphatic heterocycles. The number of ether oxygens (including phenoxy) is 6. The Hall–Kier alpha value is -6.67. The maximum Gasteiger partial charge on any atom is 0.121 e. The van der Waals surface area contributed by atoms with E-state index in [0.717, 1.165) is 11.5 Å². The highest BCUT2D eigenvalue weighted by molar-refractivity contribution is 5.76. The first kappa shape index (κ1) is 115. The normalized spacial score (nSPS) is 8.29. The van der Waals surface area contributed by atoms with E-state index < -0.39 is 0 Å². The van der Waals surface area contributed by atoms with Crippen molar-refractivity contribution in [1.82, 2.24) is 0 Å². The zero-order valence-corrected chi connectivity index (χ0v) is 66.3. The highest BCUT2D eigenvalue weighted by Crippen LogP contribution is 2.36. The van der Waals surface area contributed by atoms with E-state index in [9.17, 15) is 0 Å². The minimum atomic E-state index is -0.00447. The van der Waals surface area contributed by atoms with Gasteiger partial charge < -0.3 is 28.4 Å². The molecule has 0 spiro atoms. The summed E-state index contributed by atoms with van der Waals surface area (Å²) in [7, 11) is 16.4. The summed E-state index contributed by atoms with van der Waals surface area (Å²) in [6, 6.07) is 72.7. The molecule has 0 saturated heterocycles. The standard InChI is InChI=1S/2C19H24O.C7H8.3C6H6.4C2H6O.7C2H6.CH4.2B/c2*1-13-7-8-16(11-14(13)2)19(4,5)17-9-10-18(20-6)15(3)12-17;1-7-5-3-2-4-6-7;3*1-2-4-6-5-3-1;4*1-3-2;7*1-2;;;/h2*7-12H,1-6H3;2-6H,1H3;3*1-6H;4*1-2H3;7*1-2H3;1H4;;. The fourth-order valence-electron chi connectivity index (χ4n) is 6.82. The molecule has 8 heteroatoms. The van der Waals surface area contributed by atoms with Crippen molar-refractivity contribution in [2.75, 3.05) is 71.1 Å². The average Bonchev–Trinajstić information content (AvgIpc) is 0.806. The molecule has 6 nitrogen and oxygen atoms in total. The number of aryl methyl sites for hydroxylation is 7. The van der Waals surface area contributed by atoms with Crippen molar-refractivity contribution in [2.24, 2.45) is 0 Å². The Morgan fingerprint density at radius 3 is 0.521 bits per heavy atom. The summed E-state index contributed by atoms with van der Waals surface area (Å²) >= 11 is 0. The Morgan fingerprint density at radius 2 is 0.383 bits per heavy atom. The molecule has 0 heterocycles. The van der Waals surface area contributed by atoms with Crippen LogP contribution in [0, 0.1) is 48.5 Å². The number of methoxy groups -OCH3 is 6. The van der Waals surface area contributed by atoms with E-state index in [1.807, 2.05) is 224 Å². The van der Waals surface area contributed by atoms with Crippen LogP contribution in [-0.4, -0.2) is 87.9 Å². The largest absolute Gasteiger partial charge is 0.496 e. The fraction of sp³-hybridized carbons (Fsp3) is 0.442. The summed E-state index contributed by atoms with van der Waals surface area (Å²) in [5, 5.41) is 0. The molecule has 0 fully saturated rings. The van der Waals surface area contributed by atoms with E-state index in [1.54, 1.807) is 71.1 Å². The Bertz CT molecular complexity index is 2330. The fourth-order valence-corrected chi connectivity index (χ4v) is 6.82. The van der Waals surface area contributed by atoms with Gasteiger partial charge in [0.2, 0.25) is 0 Å². The Balaban J connectivity index is -0.0000000834. The molecule has 94 heavy (non-hydrogen) atoms. The molecule has 0 N–H and O–H groups in total. The number of rotatable bonds is 6. The van der Waals surface area contributed by atoms with E-state index in [1.165, 1.54) is 61.2 Å². The molecule has 0 aliphatic rings. The van der Waals surface area contributed by atoms with Gasteiger partial charge in [-0.05, 0) is 116 Å². The molecule has 0 amide bonds. The van der Waals surface area contributed by atoms with Crippen molar-refractivity contribution in [2.45, 2.75) is 191 Å². The molecule has 6 radical (unpaired) electrons. The van der Waals surface area contributed by atoms with Crippen LogP contribution in [0.5, 0.6) is 11.5 Å². The van der Waals surface area contributed by atoms with Crippen LogP contribution in [-0.2, 0) is 29.8 Å². The molecule has 8 rings (SSSR count). The van der Waals surface area contributed by atoms with Crippen LogP contribution in [0.1, 0.15) is 193 Å². The summed E-state index contributed by atoms with van der Waals surface area (Å²) in [5.41, 5.74) is 14.4. The molecular formula is C86H144B2O6. The first-order chi connectivity index (χ1) is 43.8. The highest BCUT2D eigenvalue weighted by Gasteiger charge is 2.25. The first-order valence-corrected chi connectivity index (χ1v) is 32.9. The lowest BCUT2D eigenvalue weighted by molar-refractivity contribution is 0.277. The van der Waals surface area contributed by atoms with Crippen LogP contribution < -0.4 is 9.47 Å². The van der Waals surface area contributed by atoms with Gasteiger partial charge in [0.15, 0.2) is 0 Å². The van der Waals surface area contributed by atoms with Crippen molar-refractivity contribution < 1.29 is 28.4 Å². The molecule has 0 aliphatic carbocycles. The first-order valence-electron chi connectivity index (χ1n) is 32.9. The molecule has 8 aromatic rings. The highest BCUT2D eigenvalue weighted by atomic mass is 16.5. The lowest BCUT2D eigenvalue weighted by Crippen LogP contribution is -2.19. The second-order valence-corrected chi connectivity index (χ2v) is 19.0. The van der Waals surface area contributed by atoms with Crippen LogP contribution in [0.3, 0.4) is 0 Å². The maximum absolute atomic E-state index is 5.35. The second kappa shape index (κ2) is 86.3. The second-order valence-electron chi connectivity index (χ2n) is 19.0. The summed E-state index contributed by atoms with van der Waals surface area (Å²) in [4.78, 5) is 0. The SMILES string of the molecule is C.CC.CC.CC.CC.CC.CC.CC.COC.COC.COC.COC.COc1ccc(C(C)(C)c2ccc(C)c(C)c2)cc1C.COc1ccc(C(C)(C)c2ccc(C)c(C)c2)cc1C.Cc1ccccc1.[B].[B].c1ccccc1.c1ccccc1.c1ccccc1. The molecule has 530 valence electrons. The third-order valence-corrected chi connectivity index (χ3v) is 11.6. The molecule has 0 aromatic heterocycles. The van der Waals surface area contributed by atoms with Crippen molar-refractivity contribution in [1.29, 1.82) is 0 Å². The van der Waals surface area contributed by atoms with Crippen molar-refractivity contribution in [3.05, 3.63) is 274 Å². The van der Waals surface area contributed by atoms with Crippen LogP contribution in [0.25, 0.3) is 0 Å². The van der Waals surface area contributed by atoms with Crippen molar-refractivity contribution in [3.63, 3.8) is 0 Å². The Morgan fingerprint density at radius 1 is 0.223 bits per heavy atom. The predicted molar refractivity (Wildman–Crippen MR) is 431 cm³/mol. The van der Waals surface area contributed by atoms with Gasteiger partial charge in [-0.25, -0.2) is 0 Å². The van der Waals surface area contributed by atoms with Gasteiger partial charge in [-0.15, -0.1) is 0 Å². The molecule has 0 saturated carbocycles. The van der Waals surface area contributed by atoms with E-state index in [-0.39, 0.29) is 35.1 Å². The molecule has 8 aromatic carbocycles. The molecule has 0 atom stereocenters. The molecule has 0 unspecified atom stereocenters. The number of hydrogen-bond donors (Lipinski definition) is 0. The lowest BCUT2D eigenvalue weighted by Gasteiger charge is -2.27. The zero-order chi connectivity index (χ0) is 72.5. The van der Waals surface area contributed by atoms with E-state index in [4.69, 9.17) is 9.47 Å². The van der Waals surface area contributed by atoms with Gasteiger partial charge in [0.25, 0.3) is 0 Å². The van der Waals surface area contributed by atoms with Crippen LogP contribution >= 0.6 is 0 Å². The van der Waals surface area contributed by atoms with Crippen LogP contribution in [0.4, 0.5) is 0 Å². The number of hydrogen-bond acceptors (Lipinski definition) is 6. The van der Waals surface area contributed by atoms with Gasteiger partial charge in [0.1, 0.15) is 11.5 Å². The summed E-state index contributed by atoms with van der Waals surface area (Å²) < 4.78 is 27.7. The van der Waals surface area contributed by atoms with Gasteiger partial charge in [0, 0.05) is 84.5 Å². The summed E-state index contributed by atoms with van der Waals surface area (Å²) in [6.45, 7) is 52.0. The molecular weight excluding hydrogens is 1150 g/mol. The smallest absolute Gasteiger partial charge is 0.121 e. The Labute approximate surface area is 589 Å². The summed E-state index contributed by atoms with van der Waals surface area (Å²) in [6.07, 6.45) is 0. The Kier molecular flexibility index (Phi) is 105. The van der Waals surface area contributed by atoms with Crippen LogP contribution in [0.15, 0.2) is 212 Å². The third kappa shape index (κ3) is 61.5. The minimum absolute atomic E-state index is 0. The van der Waals surface area contributed by atoms with Gasteiger partial charge in [-0.1, -0.05) is 338 Å². The van der Waals surface area contributed by atoms with E-state index in [0.29, 0.717) is 0 Å². The quantitative estimate of drug-likeness (QED) is 0.155. The van der Waals surface area contributed by atoms with Gasteiger partial charge in [-0.3, -0.25) is 0 Å². The van der Waals surface area contributed by atoms with Crippen molar-refractivity contribution in [3.8, 4) is 11.5 Å². The van der Waals surface area contributed by atoms with E-state index >= 15 is 0 Å². The van der Waals surface area contributed by atoms with Crippen molar-refractivity contribution >= 4 is 16.8 Å². The third-order valence-electron chi connectivity index (χ3n) is 11.6. The minimum Gasteiger partial charge on any atom is -0.496 e. The zero-order valence-electron chi connectivity index (χ0n) is 66.3. The van der Waals surface area contributed by atoms with Gasteiger partial charge in [0.05, 0.1) is 14.2 Å². The monoisotopic (exact) mass is 1300 g/mol. The lowest BCUT2D eigenvalue weighted by atomic mass is 9.77. The van der Waals surface area contributed by atoms with Crippen LogP contribution in [0.2, 0.25) is 0 Å². The summed E-state index contributed by atoms with van der Waals surface area (Å²) in [5.74, 6) is 1.90. The topological polar surface area (TPSA) is 55.4 Å².